The second-order valence-corrected chi connectivity index (χ2v) is 8.52. The number of carbonyl (C=O) groups excluding carboxylic acids is 2. The van der Waals surface area contributed by atoms with Crippen molar-refractivity contribution in [3.05, 3.63) is 70.8 Å². The summed E-state index contributed by atoms with van der Waals surface area (Å²) < 4.78 is 5.48. The number of benzene rings is 1. The highest BCUT2D eigenvalue weighted by Crippen LogP contribution is 2.36. The molecule has 148 valence electrons. The van der Waals surface area contributed by atoms with Gasteiger partial charge in [-0.05, 0) is 47.8 Å². The number of nitrogens with one attached hydrogen (secondary N) is 1. The Morgan fingerprint density at radius 2 is 2.07 bits per heavy atom. The Morgan fingerprint density at radius 1 is 1.24 bits per heavy atom. The van der Waals surface area contributed by atoms with Gasteiger partial charge in [-0.25, -0.2) is 5.01 Å². The van der Waals surface area contributed by atoms with Gasteiger partial charge in [-0.1, -0.05) is 6.07 Å². The molecule has 29 heavy (non-hydrogen) atoms. The fourth-order valence-corrected chi connectivity index (χ4v) is 4.65. The summed E-state index contributed by atoms with van der Waals surface area (Å²) >= 11 is 3.07. The Balaban J connectivity index is 1.45. The molecule has 1 atom stereocenters. The van der Waals surface area contributed by atoms with E-state index in [9.17, 15) is 9.59 Å². The van der Waals surface area contributed by atoms with Gasteiger partial charge in [0.1, 0.15) is 11.5 Å². The summed E-state index contributed by atoms with van der Waals surface area (Å²) in [4.78, 5) is 26.1. The van der Waals surface area contributed by atoms with Crippen LogP contribution in [0.1, 0.15) is 30.0 Å². The summed E-state index contributed by atoms with van der Waals surface area (Å²) in [7, 11) is 0. The van der Waals surface area contributed by atoms with Gasteiger partial charge in [0, 0.05) is 28.8 Å². The maximum Gasteiger partial charge on any atom is 0.253 e. The fourth-order valence-electron chi connectivity index (χ4n) is 3.08. The highest BCUT2D eigenvalue weighted by atomic mass is 32.2. The van der Waals surface area contributed by atoms with E-state index in [1.807, 2.05) is 53.9 Å². The maximum absolute atomic E-state index is 13.0. The summed E-state index contributed by atoms with van der Waals surface area (Å²) in [6, 6.07) is 15.0. The Kier molecular flexibility index (Phi) is 5.82. The lowest BCUT2D eigenvalue weighted by Gasteiger charge is -2.20. The number of rotatable bonds is 6. The molecule has 0 radical (unpaired) electrons. The molecule has 8 heteroatoms. The Morgan fingerprint density at radius 3 is 2.72 bits per heavy atom. The largest absolute Gasteiger partial charge is 0.463 e. The molecule has 1 aliphatic heterocycles. The van der Waals surface area contributed by atoms with Gasteiger partial charge in [-0.15, -0.1) is 23.1 Å². The standard InChI is InChI=1S/C21H19N3O3S2/c1-14(25)22-15-6-8-16(9-7-15)29-13-21(26)24-18(20-5-3-11-28-20)12-17(23-24)19-4-2-10-27-19/h2-11,18H,12-13H2,1H3,(H,22,25). The van der Waals surface area contributed by atoms with Crippen LogP contribution < -0.4 is 5.32 Å². The number of furan rings is 1. The van der Waals surface area contributed by atoms with Crippen molar-refractivity contribution in [2.45, 2.75) is 24.3 Å². The summed E-state index contributed by atoms with van der Waals surface area (Å²) in [5.41, 5.74) is 1.52. The van der Waals surface area contributed by atoms with Crippen molar-refractivity contribution in [1.29, 1.82) is 0 Å². The van der Waals surface area contributed by atoms with Crippen LogP contribution in [0.3, 0.4) is 0 Å². The van der Waals surface area contributed by atoms with E-state index in [4.69, 9.17) is 4.42 Å². The first-order valence-corrected chi connectivity index (χ1v) is 10.9. The summed E-state index contributed by atoms with van der Waals surface area (Å²) in [5, 5.41) is 10.9. The van der Waals surface area contributed by atoms with Gasteiger partial charge in [0.25, 0.3) is 5.91 Å². The van der Waals surface area contributed by atoms with Crippen molar-refractivity contribution in [3.8, 4) is 0 Å². The van der Waals surface area contributed by atoms with E-state index in [2.05, 4.69) is 10.4 Å². The molecule has 3 heterocycles. The third-order valence-corrected chi connectivity index (χ3v) is 6.35. The second-order valence-electron chi connectivity index (χ2n) is 6.49. The molecule has 2 aromatic heterocycles. The first kappa shape index (κ1) is 19.5. The monoisotopic (exact) mass is 425 g/mol. The normalized spacial score (nSPS) is 16.0. The van der Waals surface area contributed by atoms with Gasteiger partial charge in [-0.2, -0.15) is 5.10 Å². The quantitative estimate of drug-likeness (QED) is 0.577. The van der Waals surface area contributed by atoms with E-state index in [1.165, 1.54) is 18.7 Å². The van der Waals surface area contributed by atoms with Gasteiger partial charge in [-0.3, -0.25) is 9.59 Å². The summed E-state index contributed by atoms with van der Waals surface area (Å²) in [6.07, 6.45) is 2.25. The lowest BCUT2D eigenvalue weighted by atomic mass is 10.1. The number of hydrogen-bond donors (Lipinski definition) is 1. The minimum absolute atomic E-state index is 0.0547. The molecule has 4 rings (SSSR count). The number of hydrogen-bond acceptors (Lipinski definition) is 6. The molecule has 0 fully saturated rings. The highest BCUT2D eigenvalue weighted by molar-refractivity contribution is 8.00. The topological polar surface area (TPSA) is 74.9 Å². The van der Waals surface area contributed by atoms with Crippen molar-refractivity contribution >= 4 is 46.3 Å². The SMILES string of the molecule is CC(=O)Nc1ccc(SCC(=O)N2N=C(c3ccco3)CC2c2cccs2)cc1. The molecule has 0 saturated carbocycles. The summed E-state index contributed by atoms with van der Waals surface area (Å²) in [5.74, 6) is 0.805. The molecule has 1 aromatic carbocycles. The molecule has 1 aliphatic rings. The zero-order valence-corrected chi connectivity index (χ0v) is 17.3. The molecule has 1 unspecified atom stereocenters. The van der Waals surface area contributed by atoms with Crippen LogP contribution in [0.25, 0.3) is 0 Å². The van der Waals surface area contributed by atoms with Gasteiger partial charge in [0.05, 0.1) is 18.1 Å². The molecule has 6 nitrogen and oxygen atoms in total. The molecular weight excluding hydrogens is 406 g/mol. The molecule has 3 aromatic rings. The molecule has 0 bridgehead atoms. The zero-order chi connectivity index (χ0) is 20.2. The van der Waals surface area contributed by atoms with Gasteiger partial charge >= 0.3 is 0 Å². The first-order valence-electron chi connectivity index (χ1n) is 9.07. The summed E-state index contributed by atoms with van der Waals surface area (Å²) in [6.45, 7) is 1.47. The lowest BCUT2D eigenvalue weighted by Crippen LogP contribution is -2.28. The van der Waals surface area contributed by atoms with Crippen molar-refractivity contribution in [1.82, 2.24) is 5.01 Å². The molecule has 2 amide bonds. The number of hydrazone groups is 1. The number of thiophene rings is 1. The van der Waals surface area contributed by atoms with E-state index in [0.717, 1.165) is 21.2 Å². The third-order valence-electron chi connectivity index (χ3n) is 4.38. The second kappa shape index (κ2) is 8.67. The van der Waals surface area contributed by atoms with E-state index in [0.29, 0.717) is 12.2 Å². The average molecular weight is 426 g/mol. The molecule has 0 aliphatic carbocycles. The smallest absolute Gasteiger partial charge is 0.253 e. The number of thioether (sulfide) groups is 1. The van der Waals surface area contributed by atoms with Gasteiger partial charge in [0.2, 0.25) is 5.91 Å². The van der Waals surface area contributed by atoms with Crippen LogP contribution in [-0.4, -0.2) is 28.3 Å². The number of amides is 2. The first-order chi connectivity index (χ1) is 14.1. The van der Waals surface area contributed by atoms with Crippen molar-refractivity contribution in [2.24, 2.45) is 5.10 Å². The minimum atomic E-state index is -0.112. The van der Waals surface area contributed by atoms with E-state index in [1.54, 1.807) is 22.6 Å². The predicted molar refractivity (Wildman–Crippen MR) is 115 cm³/mol. The number of anilines is 1. The van der Waals surface area contributed by atoms with Crippen LogP contribution >= 0.6 is 23.1 Å². The van der Waals surface area contributed by atoms with Crippen LogP contribution in [0.5, 0.6) is 0 Å². The van der Waals surface area contributed by atoms with Crippen LogP contribution in [0.4, 0.5) is 5.69 Å². The molecule has 1 N–H and O–H groups in total. The predicted octanol–water partition coefficient (Wildman–Crippen LogP) is 4.77. The third kappa shape index (κ3) is 4.60. The number of nitrogens with zero attached hydrogens (tertiary/aromatic N) is 2. The minimum Gasteiger partial charge on any atom is -0.463 e. The van der Waals surface area contributed by atoms with Crippen LogP contribution in [0.15, 0.2) is 74.6 Å². The van der Waals surface area contributed by atoms with Crippen molar-refractivity contribution in [3.63, 3.8) is 0 Å². The van der Waals surface area contributed by atoms with Crippen molar-refractivity contribution < 1.29 is 14.0 Å². The maximum atomic E-state index is 13.0. The van der Waals surface area contributed by atoms with Gasteiger partial charge < -0.3 is 9.73 Å². The van der Waals surface area contributed by atoms with E-state index < -0.39 is 0 Å². The highest BCUT2D eigenvalue weighted by Gasteiger charge is 2.34. The van der Waals surface area contributed by atoms with Gasteiger partial charge in [0.15, 0.2) is 0 Å². The van der Waals surface area contributed by atoms with Crippen LogP contribution in [0, 0.1) is 0 Å². The van der Waals surface area contributed by atoms with Crippen LogP contribution in [-0.2, 0) is 9.59 Å². The molecule has 0 saturated heterocycles. The Bertz CT molecular complexity index is 1010. The van der Waals surface area contributed by atoms with E-state index in [-0.39, 0.29) is 23.6 Å². The fraction of sp³-hybridized carbons (Fsp3) is 0.190. The Labute approximate surface area is 176 Å². The van der Waals surface area contributed by atoms with Crippen molar-refractivity contribution in [2.75, 3.05) is 11.1 Å². The van der Waals surface area contributed by atoms with Crippen LogP contribution in [0.2, 0.25) is 0 Å². The Hall–Kier alpha value is -2.84. The molecule has 0 spiro atoms. The lowest BCUT2D eigenvalue weighted by molar-refractivity contribution is -0.130. The molecular formula is C21H19N3O3S2. The zero-order valence-electron chi connectivity index (χ0n) is 15.7. The van der Waals surface area contributed by atoms with E-state index >= 15 is 0 Å². The number of carbonyl (C=O) groups is 2. The average Bonchev–Trinajstić information content (AvgIpc) is 3.47.